The molecular formula is C19H23FN2O5S2. The highest BCUT2D eigenvalue weighted by atomic mass is 32.2. The molecule has 2 aliphatic heterocycles. The van der Waals surface area contributed by atoms with Gasteiger partial charge in [0.1, 0.15) is 11.5 Å². The van der Waals surface area contributed by atoms with Crippen LogP contribution in [0.2, 0.25) is 0 Å². The Morgan fingerprint density at radius 2 is 1.86 bits per heavy atom. The van der Waals surface area contributed by atoms with Crippen LogP contribution < -0.4 is 0 Å². The maximum Gasteiger partial charge on any atom is 0.218 e. The van der Waals surface area contributed by atoms with Gasteiger partial charge in [0.25, 0.3) is 0 Å². The van der Waals surface area contributed by atoms with Gasteiger partial charge in [-0.1, -0.05) is 18.0 Å². The molecule has 0 aliphatic carbocycles. The minimum absolute atomic E-state index is 0.0908. The maximum atomic E-state index is 13.3. The summed E-state index contributed by atoms with van der Waals surface area (Å²) in [6, 6.07) is 6.99. The van der Waals surface area contributed by atoms with Crippen LogP contribution >= 0.6 is 0 Å². The molecule has 2 fully saturated rings. The molecule has 0 amide bonds. The average molecular weight is 443 g/mol. The van der Waals surface area contributed by atoms with Gasteiger partial charge in [-0.3, -0.25) is 0 Å². The second-order valence-electron chi connectivity index (χ2n) is 7.67. The van der Waals surface area contributed by atoms with E-state index < -0.39 is 31.2 Å². The lowest BCUT2D eigenvalue weighted by molar-refractivity contribution is 0.258. The zero-order chi connectivity index (χ0) is 20.6. The van der Waals surface area contributed by atoms with Crippen LogP contribution in [-0.2, 0) is 19.9 Å². The second kappa shape index (κ2) is 7.81. The van der Waals surface area contributed by atoms with Crippen molar-refractivity contribution in [1.82, 2.24) is 9.46 Å². The zero-order valence-corrected chi connectivity index (χ0v) is 17.5. The van der Waals surface area contributed by atoms with Crippen LogP contribution in [0.1, 0.15) is 43.9 Å². The van der Waals surface area contributed by atoms with Crippen molar-refractivity contribution < 1.29 is 25.7 Å². The third-order valence-corrected chi connectivity index (χ3v) is 9.95. The van der Waals surface area contributed by atoms with Gasteiger partial charge in [0.2, 0.25) is 10.0 Å². The summed E-state index contributed by atoms with van der Waals surface area (Å²) in [4.78, 5) is 0. The molecule has 29 heavy (non-hydrogen) atoms. The van der Waals surface area contributed by atoms with Crippen LogP contribution in [0.4, 0.5) is 4.39 Å². The lowest BCUT2D eigenvalue weighted by Crippen LogP contribution is -2.41. The molecule has 7 nitrogen and oxygen atoms in total. The lowest BCUT2D eigenvalue weighted by Gasteiger charge is -2.29. The Kier molecular flexibility index (Phi) is 5.52. The van der Waals surface area contributed by atoms with Crippen molar-refractivity contribution in [3.8, 4) is 11.3 Å². The molecule has 0 spiro atoms. The Morgan fingerprint density at radius 3 is 2.55 bits per heavy atom. The minimum atomic E-state index is -3.80. The van der Waals surface area contributed by atoms with Gasteiger partial charge in [-0.25, -0.2) is 21.2 Å². The molecule has 2 aromatic rings. The first-order valence-electron chi connectivity index (χ1n) is 9.70. The highest BCUT2D eigenvalue weighted by molar-refractivity contribution is 7.95. The van der Waals surface area contributed by atoms with E-state index in [1.54, 1.807) is 18.2 Å². The molecule has 1 aromatic carbocycles. The number of benzene rings is 1. The third kappa shape index (κ3) is 4.24. The van der Waals surface area contributed by atoms with E-state index in [2.05, 4.69) is 5.16 Å². The van der Waals surface area contributed by atoms with Gasteiger partial charge in [-0.2, -0.15) is 4.31 Å². The number of hydrogen-bond acceptors (Lipinski definition) is 6. The maximum absolute atomic E-state index is 13.3. The van der Waals surface area contributed by atoms with E-state index in [4.69, 9.17) is 4.52 Å². The Labute approximate surface area is 169 Å². The van der Waals surface area contributed by atoms with Crippen LogP contribution in [0.25, 0.3) is 11.3 Å². The number of halogens is 1. The number of hydrogen-bond donors (Lipinski definition) is 0. The molecule has 10 heteroatoms. The monoisotopic (exact) mass is 442 g/mol. The van der Waals surface area contributed by atoms with E-state index in [1.807, 2.05) is 0 Å². The molecule has 0 saturated carbocycles. The quantitative estimate of drug-likeness (QED) is 0.722. The summed E-state index contributed by atoms with van der Waals surface area (Å²) in [5.41, 5.74) is 1.18. The molecule has 1 aromatic heterocycles. The van der Waals surface area contributed by atoms with E-state index in [0.717, 1.165) is 12.8 Å². The largest absolute Gasteiger partial charge is 0.359 e. The highest BCUT2D eigenvalue weighted by Gasteiger charge is 2.44. The van der Waals surface area contributed by atoms with Crippen LogP contribution in [0.15, 0.2) is 34.9 Å². The third-order valence-electron chi connectivity index (χ3n) is 5.64. The van der Waals surface area contributed by atoms with E-state index >= 15 is 0 Å². The van der Waals surface area contributed by atoms with Gasteiger partial charge in [-0.05, 0) is 43.5 Å². The zero-order valence-electron chi connectivity index (χ0n) is 15.8. The van der Waals surface area contributed by atoms with Crippen molar-refractivity contribution in [1.29, 1.82) is 0 Å². The first-order valence-corrected chi connectivity index (χ1v) is 13.0. The molecule has 2 aliphatic rings. The number of aromatic nitrogens is 1. The average Bonchev–Trinajstić information content (AvgIpc) is 3.22. The Morgan fingerprint density at radius 1 is 1.10 bits per heavy atom. The number of sulfonamides is 1. The molecule has 4 rings (SSSR count). The summed E-state index contributed by atoms with van der Waals surface area (Å²) in [5.74, 6) is -0.344. The summed E-state index contributed by atoms with van der Waals surface area (Å²) in [6.07, 6.45) is 3.16. The topological polar surface area (TPSA) is 97.5 Å². The molecule has 2 saturated heterocycles. The van der Waals surface area contributed by atoms with Gasteiger partial charge in [-0.15, -0.1) is 0 Å². The van der Waals surface area contributed by atoms with Crippen molar-refractivity contribution in [3.63, 3.8) is 0 Å². The molecule has 0 N–H and O–H groups in total. The minimum Gasteiger partial charge on any atom is -0.359 e. The Bertz CT molecular complexity index is 1080. The normalized spacial score (nSPS) is 25.7. The van der Waals surface area contributed by atoms with Crippen molar-refractivity contribution in [2.75, 3.05) is 18.1 Å². The second-order valence-corrected chi connectivity index (χ2v) is 12.1. The molecule has 0 radical (unpaired) electrons. The molecule has 2 unspecified atom stereocenters. The van der Waals surface area contributed by atoms with Crippen molar-refractivity contribution >= 4 is 19.9 Å². The molecule has 158 valence electrons. The van der Waals surface area contributed by atoms with E-state index in [1.165, 1.54) is 16.4 Å². The highest BCUT2D eigenvalue weighted by Crippen LogP contribution is 2.36. The fraction of sp³-hybridized carbons (Fsp3) is 0.526. The van der Waals surface area contributed by atoms with Crippen LogP contribution in [0.3, 0.4) is 0 Å². The van der Waals surface area contributed by atoms with Gasteiger partial charge in [0.15, 0.2) is 15.6 Å². The predicted octanol–water partition coefficient (Wildman–Crippen LogP) is 2.91. The van der Waals surface area contributed by atoms with Crippen LogP contribution in [0.5, 0.6) is 0 Å². The molecule has 0 bridgehead atoms. The van der Waals surface area contributed by atoms with E-state index in [0.29, 0.717) is 36.4 Å². The number of rotatable bonds is 4. The van der Waals surface area contributed by atoms with Crippen molar-refractivity contribution in [2.24, 2.45) is 0 Å². The summed E-state index contributed by atoms with van der Waals surface area (Å²) >= 11 is 0. The van der Waals surface area contributed by atoms with Gasteiger partial charge < -0.3 is 4.52 Å². The standard InChI is InChI=1S/C19H23FN2O5S2/c20-15-7-5-14(6-8-15)17-12-19(27-21-17)18-4-2-1-3-10-22(18)29(25,26)16-9-11-28(23,24)13-16/h5-8,12,16,18H,1-4,9-11,13H2. The fourth-order valence-corrected chi connectivity index (χ4v) is 8.81. The van der Waals surface area contributed by atoms with Gasteiger partial charge >= 0.3 is 0 Å². The summed E-state index contributed by atoms with van der Waals surface area (Å²) in [6.45, 7) is 0.329. The summed E-state index contributed by atoms with van der Waals surface area (Å²) in [5, 5.41) is 3.13. The Hall–Kier alpha value is -1.78. The molecular weight excluding hydrogens is 419 g/mol. The summed E-state index contributed by atoms with van der Waals surface area (Å²) < 4.78 is 70.3. The predicted molar refractivity (Wildman–Crippen MR) is 106 cm³/mol. The van der Waals surface area contributed by atoms with E-state index in [9.17, 15) is 21.2 Å². The molecule has 2 atom stereocenters. The van der Waals surface area contributed by atoms with Crippen LogP contribution in [0, 0.1) is 5.82 Å². The first kappa shape index (κ1) is 20.5. The van der Waals surface area contributed by atoms with Crippen molar-refractivity contribution in [2.45, 2.75) is 43.4 Å². The molecule has 3 heterocycles. The smallest absolute Gasteiger partial charge is 0.218 e. The number of sulfone groups is 1. The fourth-order valence-electron chi connectivity index (χ4n) is 4.06. The Balaban J connectivity index is 1.65. The SMILES string of the molecule is O=S1(=O)CCC(S(=O)(=O)N2CCCCCC2c2cc(-c3ccc(F)cc3)no2)C1. The van der Waals surface area contributed by atoms with Gasteiger partial charge in [0.05, 0.1) is 22.8 Å². The first-order chi connectivity index (χ1) is 13.8. The number of nitrogens with zero attached hydrogens (tertiary/aromatic N) is 2. The van der Waals surface area contributed by atoms with E-state index in [-0.39, 0.29) is 23.7 Å². The lowest BCUT2D eigenvalue weighted by atomic mass is 10.1. The van der Waals surface area contributed by atoms with Crippen molar-refractivity contribution in [3.05, 3.63) is 41.9 Å². The van der Waals surface area contributed by atoms with Gasteiger partial charge in [0, 0.05) is 18.2 Å². The van der Waals surface area contributed by atoms with Crippen LogP contribution in [-0.4, -0.2) is 49.6 Å². The summed E-state index contributed by atoms with van der Waals surface area (Å²) in [7, 11) is -7.11.